The van der Waals surface area contributed by atoms with E-state index in [2.05, 4.69) is 4.98 Å². The third-order valence-electron chi connectivity index (χ3n) is 5.28. The maximum Gasteiger partial charge on any atom is 0.226 e. The van der Waals surface area contributed by atoms with Crippen molar-refractivity contribution in [3.63, 3.8) is 0 Å². The van der Waals surface area contributed by atoms with Gasteiger partial charge in [0.05, 0.1) is 18.0 Å². The molecule has 1 amide bonds. The van der Waals surface area contributed by atoms with Crippen molar-refractivity contribution >= 4 is 15.9 Å². The fourth-order valence-electron chi connectivity index (χ4n) is 3.85. The number of amides is 1. The Morgan fingerprint density at radius 1 is 1.44 bits per heavy atom. The predicted molar refractivity (Wildman–Crippen MR) is 96.1 cm³/mol. The second-order valence-corrected chi connectivity index (χ2v) is 9.90. The minimum absolute atomic E-state index is 0.0551. The lowest BCUT2D eigenvalue weighted by molar-refractivity contribution is -0.132. The summed E-state index contributed by atoms with van der Waals surface area (Å²) in [6.07, 6.45) is 3.31. The minimum Gasteiger partial charge on any atom is -0.340 e. The van der Waals surface area contributed by atoms with Crippen LogP contribution in [0.1, 0.15) is 32.4 Å². The highest BCUT2D eigenvalue weighted by molar-refractivity contribution is 7.89. The van der Waals surface area contributed by atoms with Crippen LogP contribution in [-0.2, 0) is 21.4 Å². The first-order valence-electron chi connectivity index (χ1n) is 8.86. The van der Waals surface area contributed by atoms with Gasteiger partial charge in [0, 0.05) is 32.3 Å². The fourth-order valence-corrected chi connectivity index (χ4v) is 5.72. The molecule has 0 bridgehead atoms. The number of rotatable bonds is 6. The molecule has 1 aromatic rings. The summed E-state index contributed by atoms with van der Waals surface area (Å²) in [7, 11) is -1.41. The molecule has 25 heavy (non-hydrogen) atoms. The Bertz CT molecular complexity index is 735. The zero-order valence-electron chi connectivity index (χ0n) is 15.2. The fraction of sp³-hybridized carbons (Fsp3) is 0.667. The van der Waals surface area contributed by atoms with Gasteiger partial charge in [0.15, 0.2) is 0 Å². The lowest BCUT2D eigenvalue weighted by Gasteiger charge is -2.20. The maximum atomic E-state index is 12.7. The number of pyridine rings is 1. The molecule has 3 rings (SSSR count). The van der Waals surface area contributed by atoms with E-state index >= 15 is 0 Å². The van der Waals surface area contributed by atoms with E-state index in [1.54, 1.807) is 22.4 Å². The standard InChI is InChI=1S/C18H27N3O3S/c1-14(2)12-25(23,24)21-9-7-18(13-21)10-16(18)17(22)20(3)11-15-6-4-5-8-19-15/h4-6,8,14,16H,7,9-13H2,1-3H3/t16-,18-/m0/s1. The monoisotopic (exact) mass is 365 g/mol. The normalized spacial score (nSPS) is 26.3. The van der Waals surface area contributed by atoms with Crippen molar-refractivity contribution in [3.8, 4) is 0 Å². The first-order valence-corrected chi connectivity index (χ1v) is 10.5. The van der Waals surface area contributed by atoms with E-state index < -0.39 is 10.0 Å². The molecule has 0 aromatic carbocycles. The molecule has 6 nitrogen and oxygen atoms in total. The second kappa shape index (κ2) is 6.68. The smallest absolute Gasteiger partial charge is 0.226 e. The molecular weight excluding hydrogens is 338 g/mol. The van der Waals surface area contributed by atoms with Crippen LogP contribution in [0.15, 0.2) is 24.4 Å². The number of sulfonamides is 1. The van der Waals surface area contributed by atoms with Gasteiger partial charge in [-0.3, -0.25) is 9.78 Å². The van der Waals surface area contributed by atoms with Crippen molar-refractivity contribution < 1.29 is 13.2 Å². The Morgan fingerprint density at radius 2 is 2.20 bits per heavy atom. The number of carbonyl (C=O) groups is 1. The number of hydrogen-bond donors (Lipinski definition) is 0. The summed E-state index contributed by atoms with van der Waals surface area (Å²) in [6, 6.07) is 5.67. The molecular formula is C18H27N3O3S. The van der Waals surface area contributed by atoms with Crippen molar-refractivity contribution in [1.82, 2.24) is 14.2 Å². The van der Waals surface area contributed by atoms with Crippen LogP contribution >= 0.6 is 0 Å². The largest absolute Gasteiger partial charge is 0.340 e. The van der Waals surface area contributed by atoms with E-state index in [0.717, 1.165) is 18.5 Å². The predicted octanol–water partition coefficient (Wildman–Crippen LogP) is 1.74. The van der Waals surface area contributed by atoms with Gasteiger partial charge in [-0.05, 0) is 36.3 Å². The van der Waals surface area contributed by atoms with Crippen LogP contribution in [-0.4, -0.2) is 54.4 Å². The van der Waals surface area contributed by atoms with Crippen molar-refractivity contribution in [2.75, 3.05) is 25.9 Å². The first kappa shape index (κ1) is 18.3. The molecule has 0 N–H and O–H groups in total. The molecule has 1 aromatic heterocycles. The van der Waals surface area contributed by atoms with Crippen molar-refractivity contribution in [2.45, 2.75) is 33.2 Å². The van der Waals surface area contributed by atoms with Gasteiger partial charge in [-0.25, -0.2) is 12.7 Å². The molecule has 1 aliphatic heterocycles. The topological polar surface area (TPSA) is 70.6 Å². The van der Waals surface area contributed by atoms with Gasteiger partial charge in [0.1, 0.15) is 0 Å². The van der Waals surface area contributed by atoms with E-state index in [1.807, 2.05) is 32.0 Å². The third-order valence-corrected chi connectivity index (χ3v) is 7.46. The summed E-state index contributed by atoms with van der Waals surface area (Å²) in [5.74, 6) is 0.346. The molecule has 2 aliphatic rings. The molecule has 1 aliphatic carbocycles. The first-order chi connectivity index (χ1) is 11.7. The summed E-state index contributed by atoms with van der Waals surface area (Å²) in [5.41, 5.74) is 0.722. The van der Waals surface area contributed by atoms with Gasteiger partial charge in [-0.15, -0.1) is 0 Å². The molecule has 7 heteroatoms. The Balaban J connectivity index is 1.59. The zero-order valence-corrected chi connectivity index (χ0v) is 16.0. The molecule has 1 spiro atoms. The van der Waals surface area contributed by atoms with Gasteiger partial charge >= 0.3 is 0 Å². The van der Waals surface area contributed by atoms with E-state index in [-0.39, 0.29) is 28.9 Å². The second-order valence-electron chi connectivity index (χ2n) is 7.89. The Labute approximate surface area is 150 Å². The minimum atomic E-state index is -3.21. The molecule has 1 saturated carbocycles. The molecule has 0 unspecified atom stereocenters. The quantitative estimate of drug-likeness (QED) is 0.770. The van der Waals surface area contributed by atoms with Crippen molar-refractivity contribution in [1.29, 1.82) is 0 Å². The molecule has 0 radical (unpaired) electrons. The summed E-state index contributed by atoms with van der Waals surface area (Å²) < 4.78 is 26.5. The average Bonchev–Trinajstić information content (AvgIpc) is 3.04. The van der Waals surface area contributed by atoms with Crippen LogP contribution in [0.25, 0.3) is 0 Å². The number of carbonyl (C=O) groups excluding carboxylic acids is 1. The van der Waals surface area contributed by atoms with Crippen molar-refractivity contribution in [3.05, 3.63) is 30.1 Å². The van der Waals surface area contributed by atoms with E-state index in [9.17, 15) is 13.2 Å². The molecule has 2 fully saturated rings. The number of nitrogens with zero attached hydrogens (tertiary/aromatic N) is 3. The highest BCUT2D eigenvalue weighted by atomic mass is 32.2. The van der Waals surface area contributed by atoms with Crippen LogP contribution in [0.4, 0.5) is 0 Å². The summed E-state index contributed by atoms with van der Waals surface area (Å²) >= 11 is 0. The Morgan fingerprint density at radius 3 is 2.84 bits per heavy atom. The summed E-state index contributed by atoms with van der Waals surface area (Å²) in [6.45, 7) is 5.36. The summed E-state index contributed by atoms with van der Waals surface area (Å²) in [4.78, 5) is 18.7. The van der Waals surface area contributed by atoms with E-state index in [0.29, 0.717) is 19.6 Å². The summed E-state index contributed by atoms with van der Waals surface area (Å²) in [5, 5.41) is 0. The van der Waals surface area contributed by atoms with Gasteiger partial charge in [0.25, 0.3) is 0 Å². The lowest BCUT2D eigenvalue weighted by Crippen LogP contribution is -2.34. The Kier molecular flexibility index (Phi) is 4.90. The third kappa shape index (κ3) is 3.87. The van der Waals surface area contributed by atoms with Crippen molar-refractivity contribution in [2.24, 2.45) is 17.3 Å². The van der Waals surface area contributed by atoms with Gasteiger partial charge in [-0.1, -0.05) is 19.9 Å². The highest BCUT2D eigenvalue weighted by Gasteiger charge is 2.62. The number of hydrogen-bond acceptors (Lipinski definition) is 4. The van der Waals surface area contributed by atoms with Crippen LogP contribution in [0.3, 0.4) is 0 Å². The average molecular weight is 365 g/mol. The SMILES string of the molecule is CC(C)CS(=O)(=O)N1CC[C@]2(C[C@H]2C(=O)N(C)Cc2ccccn2)C1. The molecule has 2 atom stereocenters. The molecule has 1 saturated heterocycles. The maximum absolute atomic E-state index is 12.7. The van der Waals surface area contributed by atoms with Gasteiger partial charge in [-0.2, -0.15) is 0 Å². The Hall–Kier alpha value is -1.47. The molecule has 2 heterocycles. The zero-order chi connectivity index (χ0) is 18.2. The highest BCUT2D eigenvalue weighted by Crippen LogP contribution is 2.59. The van der Waals surface area contributed by atoms with Crippen LogP contribution in [0, 0.1) is 17.3 Å². The lowest BCUT2D eigenvalue weighted by atomic mass is 10.0. The van der Waals surface area contributed by atoms with Crippen LogP contribution < -0.4 is 0 Å². The van der Waals surface area contributed by atoms with E-state index in [1.165, 1.54) is 0 Å². The van der Waals surface area contributed by atoms with Gasteiger partial charge < -0.3 is 4.90 Å². The number of aromatic nitrogens is 1. The van der Waals surface area contributed by atoms with Crippen LogP contribution in [0.2, 0.25) is 0 Å². The molecule has 138 valence electrons. The van der Waals surface area contributed by atoms with Crippen LogP contribution in [0.5, 0.6) is 0 Å². The van der Waals surface area contributed by atoms with Gasteiger partial charge in [0.2, 0.25) is 15.9 Å². The van der Waals surface area contributed by atoms with E-state index in [4.69, 9.17) is 0 Å².